The van der Waals surface area contributed by atoms with Crippen molar-refractivity contribution in [1.82, 2.24) is 9.97 Å². The maximum Gasteiger partial charge on any atom is 0.494 e. The number of pyridine rings is 2. The van der Waals surface area contributed by atoms with Crippen molar-refractivity contribution >= 4 is 68.4 Å². The molecule has 0 aliphatic carbocycles. The van der Waals surface area contributed by atoms with E-state index in [2.05, 4.69) is 141 Å². The number of hydrogen-bond donors (Lipinski definition) is 0. The van der Waals surface area contributed by atoms with Gasteiger partial charge in [0.25, 0.3) is 0 Å². The molecule has 53 heavy (non-hydrogen) atoms. The first-order valence-corrected chi connectivity index (χ1v) is 18.5. The van der Waals surface area contributed by atoms with Gasteiger partial charge in [0, 0.05) is 10.8 Å². The fourth-order valence-electron chi connectivity index (χ4n) is 6.81. The van der Waals surface area contributed by atoms with Gasteiger partial charge in [0.2, 0.25) is 0 Å². The average Bonchev–Trinajstić information content (AvgIpc) is 3.40. The van der Waals surface area contributed by atoms with E-state index in [1.807, 2.05) is 48.5 Å². The van der Waals surface area contributed by atoms with Crippen LogP contribution >= 0.6 is 23.2 Å². The van der Waals surface area contributed by atoms with Crippen molar-refractivity contribution in [3.63, 3.8) is 0 Å². The molecule has 0 bridgehead atoms. The summed E-state index contributed by atoms with van der Waals surface area (Å²) >= 11 is 12.8. The quantitative estimate of drug-likeness (QED) is 0.103. The molecule has 0 amide bonds. The highest BCUT2D eigenvalue weighted by molar-refractivity contribution is 6.62. The van der Waals surface area contributed by atoms with Crippen molar-refractivity contribution in [3.05, 3.63) is 162 Å². The number of nitrogens with zero attached hydrogens (tertiary/aromatic N) is 2. The number of halogens is 2. The van der Waals surface area contributed by atoms with Crippen molar-refractivity contribution in [1.29, 1.82) is 0 Å². The topological polar surface area (TPSA) is 44.2 Å². The minimum absolute atomic E-state index is 0.310. The molecule has 8 aromatic rings. The van der Waals surface area contributed by atoms with Crippen LogP contribution in [0.25, 0.3) is 66.0 Å². The predicted octanol–water partition coefficient (Wildman–Crippen LogP) is 12.2. The lowest BCUT2D eigenvalue weighted by Crippen LogP contribution is -2.41. The van der Waals surface area contributed by atoms with E-state index < -0.39 is 0 Å². The zero-order valence-corrected chi connectivity index (χ0v) is 31.5. The lowest BCUT2D eigenvalue weighted by Gasteiger charge is -2.32. The summed E-state index contributed by atoms with van der Waals surface area (Å²) in [6.45, 7) is 8.32. The van der Waals surface area contributed by atoms with Crippen LogP contribution in [0.5, 0.6) is 0 Å². The summed E-state index contributed by atoms with van der Waals surface area (Å²) in [5.41, 5.74) is 8.59. The van der Waals surface area contributed by atoms with Gasteiger partial charge < -0.3 is 9.31 Å². The van der Waals surface area contributed by atoms with Crippen LogP contribution in [0.4, 0.5) is 0 Å². The third-order valence-corrected chi connectivity index (χ3v) is 10.8. The van der Waals surface area contributed by atoms with Gasteiger partial charge in [0.15, 0.2) is 0 Å². The number of hydrogen-bond acceptors (Lipinski definition) is 4. The predicted molar refractivity (Wildman–Crippen MR) is 223 cm³/mol. The molecule has 2 aromatic heterocycles. The normalized spacial score (nSPS) is 14.7. The number of rotatable bonds is 4. The summed E-state index contributed by atoms with van der Waals surface area (Å²) in [5, 5.41) is 5.38. The van der Waals surface area contributed by atoms with E-state index in [9.17, 15) is 0 Å². The molecular formula is C46H37BCl2N2O2. The second-order valence-electron chi connectivity index (χ2n) is 14.3. The Morgan fingerprint density at radius 1 is 0.453 bits per heavy atom. The van der Waals surface area contributed by atoms with E-state index in [4.69, 9.17) is 32.5 Å². The molecule has 4 nitrogen and oxygen atoms in total. The largest absolute Gasteiger partial charge is 0.494 e. The zero-order valence-electron chi connectivity index (χ0n) is 30.0. The zero-order chi connectivity index (χ0) is 36.7. The van der Waals surface area contributed by atoms with Gasteiger partial charge in [-0.25, -0.2) is 9.97 Å². The van der Waals surface area contributed by atoms with E-state index in [0.717, 1.165) is 49.5 Å². The summed E-state index contributed by atoms with van der Waals surface area (Å²) in [7, 11) is -0.310. The number of aromatic nitrogens is 2. The Bertz CT molecular complexity index is 2470. The SMILES string of the molecule is CC1(C)OB(c2ccc(-c3ccc4ccccc4c3)cc2)OC1(C)C.Clc1cc(-c2ccccc2)c2ccc3c(-c4ccccc4)cc(Cl)nc3c2n1. The van der Waals surface area contributed by atoms with Gasteiger partial charge in [0.05, 0.1) is 22.2 Å². The Kier molecular flexibility index (Phi) is 9.30. The first-order chi connectivity index (χ1) is 25.6. The van der Waals surface area contributed by atoms with E-state index >= 15 is 0 Å². The monoisotopic (exact) mass is 730 g/mol. The molecule has 1 fully saturated rings. The molecular weight excluding hydrogens is 694 g/mol. The molecule has 6 aromatic carbocycles. The lowest BCUT2D eigenvalue weighted by atomic mass is 9.78. The molecule has 0 saturated carbocycles. The fourth-order valence-corrected chi connectivity index (χ4v) is 7.19. The van der Waals surface area contributed by atoms with Gasteiger partial charge in [-0.15, -0.1) is 0 Å². The Morgan fingerprint density at radius 2 is 0.906 bits per heavy atom. The highest BCUT2D eigenvalue weighted by atomic mass is 35.5. The highest BCUT2D eigenvalue weighted by Crippen LogP contribution is 2.38. The van der Waals surface area contributed by atoms with Gasteiger partial charge in [-0.3, -0.25) is 0 Å². The highest BCUT2D eigenvalue weighted by Gasteiger charge is 2.51. The molecule has 260 valence electrons. The minimum Gasteiger partial charge on any atom is -0.399 e. The number of fused-ring (bicyclic) bond motifs is 4. The van der Waals surface area contributed by atoms with Crippen LogP contribution < -0.4 is 5.46 Å². The number of benzene rings is 6. The summed E-state index contributed by atoms with van der Waals surface area (Å²) in [5.74, 6) is 0. The van der Waals surface area contributed by atoms with Crippen LogP contribution in [0.3, 0.4) is 0 Å². The lowest BCUT2D eigenvalue weighted by molar-refractivity contribution is 0.00578. The van der Waals surface area contributed by atoms with Crippen LogP contribution in [0, 0.1) is 0 Å². The van der Waals surface area contributed by atoms with Gasteiger partial charge in [-0.05, 0) is 95.5 Å². The van der Waals surface area contributed by atoms with Crippen LogP contribution in [0.1, 0.15) is 27.7 Å². The smallest absolute Gasteiger partial charge is 0.399 e. The van der Waals surface area contributed by atoms with Crippen molar-refractivity contribution in [2.24, 2.45) is 0 Å². The van der Waals surface area contributed by atoms with Crippen LogP contribution in [0.15, 0.2) is 152 Å². The molecule has 7 heteroatoms. The van der Waals surface area contributed by atoms with Gasteiger partial charge >= 0.3 is 7.12 Å². The standard InChI is InChI=1S/C24H14Cl2N2.C22H23BO2/c25-21-13-19(15-7-3-1-4-8-15)17-11-12-18-20(16-9-5-2-6-10-16)14-22(26)28-24(18)23(17)27-21;1-21(2)22(3,4)25-23(24-21)20-13-11-17(12-14-20)19-10-9-16-7-5-6-8-18(16)15-19/h1-14H;5-15H,1-4H3. The molecule has 0 spiro atoms. The van der Waals surface area contributed by atoms with Crippen molar-refractivity contribution in [2.75, 3.05) is 0 Å². The van der Waals surface area contributed by atoms with E-state index in [0.29, 0.717) is 10.3 Å². The van der Waals surface area contributed by atoms with Gasteiger partial charge in [0.1, 0.15) is 10.3 Å². The van der Waals surface area contributed by atoms with Gasteiger partial charge in [-0.1, -0.05) is 157 Å². The summed E-state index contributed by atoms with van der Waals surface area (Å²) in [6.07, 6.45) is 0. The fraction of sp³-hybridized carbons (Fsp3) is 0.130. The van der Waals surface area contributed by atoms with E-state index in [1.54, 1.807) is 0 Å². The molecule has 0 N–H and O–H groups in total. The van der Waals surface area contributed by atoms with Crippen LogP contribution in [-0.4, -0.2) is 28.3 Å². The third kappa shape index (κ3) is 6.94. The molecule has 0 unspecified atom stereocenters. The van der Waals surface area contributed by atoms with Crippen molar-refractivity contribution < 1.29 is 9.31 Å². The molecule has 1 saturated heterocycles. The second kappa shape index (κ2) is 14.1. The van der Waals surface area contributed by atoms with E-state index in [1.165, 1.54) is 21.9 Å². The first-order valence-electron chi connectivity index (χ1n) is 17.7. The third-order valence-electron chi connectivity index (χ3n) is 10.4. The van der Waals surface area contributed by atoms with Crippen LogP contribution in [0.2, 0.25) is 10.3 Å². The summed E-state index contributed by atoms with van der Waals surface area (Å²) in [6, 6.07) is 51.8. The Labute approximate surface area is 320 Å². The van der Waals surface area contributed by atoms with Crippen LogP contribution in [-0.2, 0) is 9.31 Å². The molecule has 0 radical (unpaired) electrons. The summed E-state index contributed by atoms with van der Waals surface area (Å²) in [4.78, 5) is 9.22. The molecule has 1 aliphatic heterocycles. The first kappa shape index (κ1) is 35.0. The Hall–Kier alpha value is -5.04. The molecule has 9 rings (SSSR count). The van der Waals surface area contributed by atoms with Crippen molar-refractivity contribution in [3.8, 4) is 33.4 Å². The molecule has 0 atom stereocenters. The minimum atomic E-state index is -0.311. The maximum absolute atomic E-state index is 6.40. The second-order valence-corrected chi connectivity index (χ2v) is 15.1. The van der Waals surface area contributed by atoms with E-state index in [-0.39, 0.29) is 18.3 Å². The maximum atomic E-state index is 6.40. The summed E-state index contributed by atoms with van der Waals surface area (Å²) < 4.78 is 12.3. The molecule has 3 heterocycles. The Morgan fingerprint density at radius 3 is 1.42 bits per heavy atom. The van der Waals surface area contributed by atoms with Gasteiger partial charge in [-0.2, -0.15) is 0 Å². The van der Waals surface area contributed by atoms with Crippen molar-refractivity contribution in [2.45, 2.75) is 38.9 Å². The molecule has 1 aliphatic rings. The Balaban J connectivity index is 0.000000152. The average molecular weight is 732 g/mol.